The van der Waals surface area contributed by atoms with Crippen LogP contribution in [0.2, 0.25) is 0 Å². The van der Waals surface area contributed by atoms with Gasteiger partial charge in [-0.2, -0.15) is 0 Å². The number of rotatable bonds is 4. The molecule has 0 spiro atoms. The van der Waals surface area contributed by atoms with E-state index >= 15 is 0 Å². The quantitative estimate of drug-likeness (QED) is 0.453. The summed E-state index contributed by atoms with van der Waals surface area (Å²) < 4.78 is 0. The molecular formula is C8H19N. The summed E-state index contributed by atoms with van der Waals surface area (Å²) in [6.45, 7) is 8.71. The maximum Gasteiger partial charge on any atom is -0.00490 e. The van der Waals surface area contributed by atoms with Crippen LogP contribution in [0.4, 0.5) is 0 Å². The summed E-state index contributed by atoms with van der Waals surface area (Å²) in [7, 11) is 1.96. The number of allylic oxidation sites excluding steroid dienone is 1. The predicted molar refractivity (Wildman–Crippen MR) is 44.7 cm³/mol. The molecule has 0 aromatic rings. The molecule has 0 aliphatic heterocycles. The average Bonchev–Trinajstić information content (AvgIpc) is 1.94. The standard InChI is InChI=1S/C6H13N.C2H6/c1-3-4-5-6-7-2;1-2/h3,7H,1,4-6H2,2H3;1-2H3. The third-order valence-corrected chi connectivity index (χ3v) is 0.835. The van der Waals surface area contributed by atoms with Gasteiger partial charge in [0.1, 0.15) is 0 Å². The van der Waals surface area contributed by atoms with Gasteiger partial charge in [0.15, 0.2) is 0 Å². The van der Waals surface area contributed by atoms with Crippen molar-refractivity contribution in [3.05, 3.63) is 12.7 Å². The van der Waals surface area contributed by atoms with Crippen molar-refractivity contribution < 1.29 is 0 Å². The minimum absolute atomic E-state index is 1.10. The topological polar surface area (TPSA) is 12.0 Å². The van der Waals surface area contributed by atoms with Crippen LogP contribution >= 0.6 is 0 Å². The first-order chi connectivity index (χ1) is 4.41. The maximum atomic E-state index is 3.60. The molecule has 56 valence electrons. The molecule has 0 bridgehead atoms. The van der Waals surface area contributed by atoms with Crippen LogP contribution in [0.1, 0.15) is 26.7 Å². The van der Waals surface area contributed by atoms with E-state index in [4.69, 9.17) is 0 Å². The van der Waals surface area contributed by atoms with E-state index in [-0.39, 0.29) is 0 Å². The molecule has 0 aliphatic rings. The van der Waals surface area contributed by atoms with Gasteiger partial charge in [-0.25, -0.2) is 0 Å². The molecule has 0 radical (unpaired) electrons. The van der Waals surface area contributed by atoms with E-state index in [9.17, 15) is 0 Å². The molecular weight excluding hydrogens is 110 g/mol. The third kappa shape index (κ3) is 18.3. The summed E-state index contributed by atoms with van der Waals surface area (Å²) >= 11 is 0. The Balaban J connectivity index is 0. The average molecular weight is 129 g/mol. The van der Waals surface area contributed by atoms with Gasteiger partial charge in [-0.05, 0) is 26.4 Å². The SMILES string of the molecule is C=CCCCNC.CC. The maximum absolute atomic E-state index is 3.60. The van der Waals surface area contributed by atoms with Gasteiger partial charge >= 0.3 is 0 Å². The minimum Gasteiger partial charge on any atom is -0.320 e. The fraction of sp³-hybridized carbons (Fsp3) is 0.750. The lowest BCUT2D eigenvalue weighted by Crippen LogP contribution is -2.06. The number of nitrogens with one attached hydrogen (secondary N) is 1. The lowest BCUT2D eigenvalue weighted by Gasteiger charge is -1.90. The largest absolute Gasteiger partial charge is 0.320 e. The molecule has 0 amide bonds. The van der Waals surface area contributed by atoms with Crippen LogP contribution in [-0.2, 0) is 0 Å². The van der Waals surface area contributed by atoms with Crippen molar-refractivity contribution in [1.82, 2.24) is 5.32 Å². The fourth-order valence-electron chi connectivity index (χ4n) is 0.423. The molecule has 0 aliphatic carbocycles. The zero-order valence-electron chi connectivity index (χ0n) is 6.91. The minimum atomic E-state index is 1.10. The lowest BCUT2D eigenvalue weighted by atomic mass is 10.3. The highest BCUT2D eigenvalue weighted by Gasteiger charge is 1.75. The molecule has 0 heterocycles. The molecule has 9 heavy (non-hydrogen) atoms. The van der Waals surface area contributed by atoms with Crippen molar-refractivity contribution >= 4 is 0 Å². The van der Waals surface area contributed by atoms with Crippen molar-refractivity contribution in [3.8, 4) is 0 Å². The molecule has 0 saturated carbocycles. The molecule has 0 fully saturated rings. The fourth-order valence-corrected chi connectivity index (χ4v) is 0.423. The number of hydrogen-bond donors (Lipinski definition) is 1. The molecule has 0 saturated heterocycles. The second kappa shape index (κ2) is 15.6. The van der Waals surface area contributed by atoms with E-state index in [1.54, 1.807) is 0 Å². The summed E-state index contributed by atoms with van der Waals surface area (Å²) in [5.41, 5.74) is 0. The van der Waals surface area contributed by atoms with Crippen LogP contribution in [0.25, 0.3) is 0 Å². The van der Waals surface area contributed by atoms with Gasteiger partial charge in [-0.15, -0.1) is 6.58 Å². The van der Waals surface area contributed by atoms with Crippen molar-refractivity contribution in [2.24, 2.45) is 0 Å². The van der Waals surface area contributed by atoms with Gasteiger partial charge in [0.25, 0.3) is 0 Å². The van der Waals surface area contributed by atoms with Crippen LogP contribution in [0.5, 0.6) is 0 Å². The Labute approximate surface area is 59.2 Å². The summed E-state index contributed by atoms with van der Waals surface area (Å²) in [6.07, 6.45) is 4.28. The Morgan fingerprint density at radius 3 is 2.33 bits per heavy atom. The van der Waals surface area contributed by atoms with E-state index in [0.717, 1.165) is 13.0 Å². The first-order valence-corrected chi connectivity index (χ1v) is 3.67. The van der Waals surface area contributed by atoms with Crippen LogP contribution < -0.4 is 5.32 Å². The van der Waals surface area contributed by atoms with Gasteiger partial charge in [0, 0.05) is 0 Å². The molecule has 0 atom stereocenters. The van der Waals surface area contributed by atoms with Crippen LogP contribution in [0.3, 0.4) is 0 Å². The molecule has 1 N–H and O–H groups in total. The van der Waals surface area contributed by atoms with Gasteiger partial charge in [0.05, 0.1) is 0 Å². The Morgan fingerprint density at radius 2 is 2.00 bits per heavy atom. The highest BCUT2D eigenvalue weighted by molar-refractivity contribution is 4.65. The molecule has 0 unspecified atom stereocenters. The van der Waals surface area contributed by atoms with E-state index in [0.29, 0.717) is 0 Å². The van der Waals surface area contributed by atoms with Crippen LogP contribution in [-0.4, -0.2) is 13.6 Å². The van der Waals surface area contributed by atoms with Crippen molar-refractivity contribution in [3.63, 3.8) is 0 Å². The van der Waals surface area contributed by atoms with Gasteiger partial charge in [-0.1, -0.05) is 19.9 Å². The van der Waals surface area contributed by atoms with E-state index < -0.39 is 0 Å². The second-order valence-corrected chi connectivity index (χ2v) is 1.53. The monoisotopic (exact) mass is 129 g/mol. The zero-order chi connectivity index (χ0) is 7.54. The Bertz CT molecular complexity index is 41.8. The molecule has 0 aromatic carbocycles. The smallest absolute Gasteiger partial charge is 0.00490 e. The number of unbranched alkanes of at least 4 members (excludes halogenated alkanes) is 1. The molecule has 1 heteroatoms. The van der Waals surface area contributed by atoms with Gasteiger partial charge < -0.3 is 5.32 Å². The van der Waals surface area contributed by atoms with Gasteiger partial charge in [-0.3, -0.25) is 0 Å². The van der Waals surface area contributed by atoms with E-state index in [1.807, 2.05) is 27.0 Å². The van der Waals surface area contributed by atoms with E-state index in [2.05, 4.69) is 11.9 Å². The molecule has 0 rings (SSSR count). The highest BCUT2D eigenvalue weighted by atomic mass is 14.8. The van der Waals surface area contributed by atoms with Gasteiger partial charge in [0.2, 0.25) is 0 Å². The summed E-state index contributed by atoms with van der Waals surface area (Å²) in [5.74, 6) is 0. The zero-order valence-corrected chi connectivity index (χ0v) is 6.91. The summed E-state index contributed by atoms with van der Waals surface area (Å²) in [4.78, 5) is 0. The normalized spacial score (nSPS) is 7.44. The molecule has 0 aromatic heterocycles. The Morgan fingerprint density at radius 1 is 1.44 bits per heavy atom. The first kappa shape index (κ1) is 11.5. The first-order valence-electron chi connectivity index (χ1n) is 3.67. The Hall–Kier alpha value is -0.300. The lowest BCUT2D eigenvalue weighted by molar-refractivity contribution is 0.736. The summed E-state index contributed by atoms with van der Waals surface area (Å²) in [5, 5.41) is 3.05. The second-order valence-electron chi connectivity index (χ2n) is 1.53. The van der Waals surface area contributed by atoms with Crippen molar-refractivity contribution in [2.45, 2.75) is 26.7 Å². The third-order valence-electron chi connectivity index (χ3n) is 0.835. The van der Waals surface area contributed by atoms with Crippen molar-refractivity contribution in [1.29, 1.82) is 0 Å². The van der Waals surface area contributed by atoms with Crippen molar-refractivity contribution in [2.75, 3.05) is 13.6 Å². The number of hydrogen-bond acceptors (Lipinski definition) is 1. The summed E-state index contributed by atoms with van der Waals surface area (Å²) in [6, 6.07) is 0. The van der Waals surface area contributed by atoms with Crippen LogP contribution in [0.15, 0.2) is 12.7 Å². The predicted octanol–water partition coefficient (Wildman–Crippen LogP) is 2.20. The Kier molecular flexibility index (Phi) is 20.0. The van der Waals surface area contributed by atoms with E-state index in [1.165, 1.54) is 6.42 Å². The van der Waals surface area contributed by atoms with Crippen LogP contribution in [0, 0.1) is 0 Å². The highest BCUT2D eigenvalue weighted by Crippen LogP contribution is 1.83. The molecule has 1 nitrogen and oxygen atoms in total.